The molecule has 1 amide bonds. The molecule has 1 fully saturated rings. The Hall–Kier alpha value is -1.59. The molecule has 23 heavy (non-hydrogen) atoms. The minimum Gasteiger partial charge on any atom is -0.382 e. The molecular formula is C18H30N4O. The molecule has 5 nitrogen and oxygen atoms in total. The maximum absolute atomic E-state index is 11.8. The summed E-state index contributed by atoms with van der Waals surface area (Å²) in [6.07, 6.45) is 1.15. The fraction of sp³-hybridized carbons (Fsp3) is 0.611. The number of anilines is 2. The van der Waals surface area contributed by atoms with E-state index in [-0.39, 0.29) is 5.91 Å². The van der Waals surface area contributed by atoms with E-state index in [1.165, 1.54) is 0 Å². The molecule has 1 aliphatic rings. The van der Waals surface area contributed by atoms with Crippen molar-refractivity contribution in [1.82, 2.24) is 9.80 Å². The lowest BCUT2D eigenvalue weighted by atomic mass is 9.89. The average molecular weight is 318 g/mol. The number of rotatable bonds is 5. The highest BCUT2D eigenvalue weighted by Crippen LogP contribution is 2.25. The summed E-state index contributed by atoms with van der Waals surface area (Å²) >= 11 is 0. The number of likely N-dealkylation sites (N-methyl/N-ethyl adjacent to an activating group) is 1. The Morgan fingerprint density at radius 1 is 1.22 bits per heavy atom. The molecule has 0 aromatic heterocycles. The van der Waals surface area contributed by atoms with Gasteiger partial charge in [0.1, 0.15) is 0 Å². The van der Waals surface area contributed by atoms with Gasteiger partial charge in [-0.05, 0) is 64.7 Å². The minimum absolute atomic E-state index is 0.00785. The number of benzene rings is 1. The van der Waals surface area contributed by atoms with Crippen LogP contribution in [0, 0.1) is 5.92 Å². The first-order chi connectivity index (χ1) is 10.8. The van der Waals surface area contributed by atoms with Crippen molar-refractivity contribution in [1.29, 1.82) is 0 Å². The van der Waals surface area contributed by atoms with E-state index in [2.05, 4.69) is 36.4 Å². The summed E-state index contributed by atoms with van der Waals surface area (Å²) in [7, 11) is 5.97. The number of piperidine rings is 1. The van der Waals surface area contributed by atoms with E-state index in [1.807, 2.05) is 43.3 Å². The van der Waals surface area contributed by atoms with Crippen LogP contribution in [0.2, 0.25) is 0 Å². The Bertz CT molecular complexity index is 514. The van der Waals surface area contributed by atoms with Gasteiger partial charge in [-0.2, -0.15) is 0 Å². The zero-order chi connectivity index (χ0) is 17.0. The summed E-state index contributed by atoms with van der Waals surface area (Å²) in [4.78, 5) is 16.0. The number of amides is 1. The Morgan fingerprint density at radius 3 is 2.43 bits per heavy atom. The minimum atomic E-state index is 0.00785. The molecule has 0 bridgehead atoms. The van der Waals surface area contributed by atoms with E-state index in [0.29, 0.717) is 24.5 Å². The van der Waals surface area contributed by atoms with Gasteiger partial charge in [-0.25, -0.2) is 0 Å². The third-order valence-corrected chi connectivity index (χ3v) is 4.59. The van der Waals surface area contributed by atoms with Crippen LogP contribution in [-0.2, 0) is 4.79 Å². The quantitative estimate of drug-likeness (QED) is 0.875. The van der Waals surface area contributed by atoms with Crippen LogP contribution >= 0.6 is 0 Å². The maximum Gasteiger partial charge on any atom is 0.238 e. The number of likely N-dealkylation sites (tertiary alicyclic amines) is 1. The van der Waals surface area contributed by atoms with Crippen LogP contribution in [0.15, 0.2) is 24.3 Å². The molecule has 1 aromatic rings. The van der Waals surface area contributed by atoms with Crippen LogP contribution in [0.25, 0.3) is 0 Å². The van der Waals surface area contributed by atoms with Gasteiger partial charge in [0.2, 0.25) is 5.91 Å². The lowest BCUT2D eigenvalue weighted by molar-refractivity contribution is -0.116. The molecule has 1 aliphatic heterocycles. The van der Waals surface area contributed by atoms with Gasteiger partial charge in [0.15, 0.2) is 0 Å². The number of carbonyl (C=O) groups is 1. The molecule has 0 spiro atoms. The van der Waals surface area contributed by atoms with E-state index in [0.717, 1.165) is 24.3 Å². The number of hydrogen-bond acceptors (Lipinski definition) is 4. The summed E-state index contributed by atoms with van der Waals surface area (Å²) in [6.45, 7) is 6.10. The Balaban J connectivity index is 1.91. The molecule has 3 atom stereocenters. The summed E-state index contributed by atoms with van der Waals surface area (Å²) in [5.41, 5.74) is 1.96. The van der Waals surface area contributed by atoms with Crippen LogP contribution in [0.4, 0.5) is 11.4 Å². The van der Waals surface area contributed by atoms with E-state index in [9.17, 15) is 4.79 Å². The highest BCUT2D eigenvalue weighted by atomic mass is 16.2. The van der Waals surface area contributed by atoms with Gasteiger partial charge in [0.05, 0.1) is 6.54 Å². The molecule has 0 aliphatic carbocycles. The molecule has 1 saturated heterocycles. The second kappa shape index (κ2) is 7.79. The first-order valence-electron chi connectivity index (χ1n) is 8.36. The van der Waals surface area contributed by atoms with Crippen LogP contribution in [0.5, 0.6) is 0 Å². The largest absolute Gasteiger partial charge is 0.382 e. The van der Waals surface area contributed by atoms with E-state index in [1.54, 1.807) is 0 Å². The summed E-state index contributed by atoms with van der Waals surface area (Å²) in [6, 6.07) is 9.10. The van der Waals surface area contributed by atoms with E-state index in [4.69, 9.17) is 0 Å². The average Bonchev–Trinajstić information content (AvgIpc) is 2.46. The molecule has 0 unspecified atom stereocenters. The Morgan fingerprint density at radius 2 is 1.83 bits per heavy atom. The molecule has 1 aromatic carbocycles. The molecule has 0 saturated carbocycles. The molecule has 1 heterocycles. The van der Waals surface area contributed by atoms with Crippen molar-refractivity contribution >= 4 is 17.3 Å². The third kappa shape index (κ3) is 5.22. The van der Waals surface area contributed by atoms with Crippen molar-refractivity contribution in [3.8, 4) is 0 Å². The molecule has 2 rings (SSSR count). The lowest BCUT2D eigenvalue weighted by Gasteiger charge is -2.40. The van der Waals surface area contributed by atoms with E-state index >= 15 is 0 Å². The zero-order valence-corrected chi connectivity index (χ0v) is 15.0. The van der Waals surface area contributed by atoms with Crippen molar-refractivity contribution in [2.24, 2.45) is 5.92 Å². The van der Waals surface area contributed by atoms with Gasteiger partial charge in [-0.15, -0.1) is 0 Å². The SMILES string of the molecule is C[C@@H]1CN(C)[C@H](C)C[C@@H]1Nc1ccc(NC(=O)CN(C)C)cc1. The normalized spacial score (nSPS) is 25.4. The van der Waals surface area contributed by atoms with Crippen molar-refractivity contribution in [3.05, 3.63) is 24.3 Å². The fourth-order valence-electron chi connectivity index (χ4n) is 3.09. The van der Waals surface area contributed by atoms with Crippen molar-refractivity contribution in [2.75, 3.05) is 44.9 Å². The second-order valence-electron chi connectivity index (χ2n) is 7.12. The van der Waals surface area contributed by atoms with Gasteiger partial charge in [-0.3, -0.25) is 4.79 Å². The lowest BCUT2D eigenvalue weighted by Crippen LogP contribution is -2.48. The van der Waals surface area contributed by atoms with Gasteiger partial charge >= 0.3 is 0 Å². The number of nitrogens with one attached hydrogen (secondary N) is 2. The topological polar surface area (TPSA) is 47.6 Å². The first-order valence-corrected chi connectivity index (χ1v) is 8.36. The van der Waals surface area contributed by atoms with Gasteiger partial charge in [0, 0.05) is 30.0 Å². The molecule has 5 heteroatoms. The summed E-state index contributed by atoms with van der Waals surface area (Å²) in [5, 5.41) is 6.56. The number of nitrogens with zero attached hydrogens (tertiary/aromatic N) is 2. The predicted molar refractivity (Wildman–Crippen MR) is 96.9 cm³/mol. The standard InChI is InChI=1S/C18H30N4O/c1-13-11-22(5)14(2)10-17(13)19-15-6-8-16(9-7-15)20-18(23)12-21(3)4/h6-9,13-14,17,19H,10-12H2,1-5H3,(H,20,23)/t13-,14-,17+/m1/s1. The van der Waals surface area contributed by atoms with Crippen molar-refractivity contribution < 1.29 is 4.79 Å². The molecule has 128 valence electrons. The second-order valence-corrected chi connectivity index (χ2v) is 7.12. The van der Waals surface area contributed by atoms with Crippen LogP contribution in [0.3, 0.4) is 0 Å². The maximum atomic E-state index is 11.8. The summed E-state index contributed by atoms with van der Waals surface area (Å²) < 4.78 is 0. The molecule has 0 radical (unpaired) electrons. The van der Waals surface area contributed by atoms with Crippen LogP contribution in [0.1, 0.15) is 20.3 Å². The zero-order valence-electron chi connectivity index (χ0n) is 15.0. The number of carbonyl (C=O) groups excluding carboxylic acids is 1. The predicted octanol–water partition coefficient (Wildman–Crippen LogP) is 2.33. The van der Waals surface area contributed by atoms with Crippen LogP contribution < -0.4 is 10.6 Å². The van der Waals surface area contributed by atoms with Crippen LogP contribution in [-0.4, -0.2) is 62.0 Å². The van der Waals surface area contributed by atoms with E-state index < -0.39 is 0 Å². The highest BCUT2D eigenvalue weighted by molar-refractivity contribution is 5.92. The third-order valence-electron chi connectivity index (χ3n) is 4.59. The monoisotopic (exact) mass is 318 g/mol. The van der Waals surface area contributed by atoms with Gasteiger partial charge in [0.25, 0.3) is 0 Å². The van der Waals surface area contributed by atoms with Crippen molar-refractivity contribution in [2.45, 2.75) is 32.4 Å². The Kier molecular flexibility index (Phi) is 6.02. The molecule has 2 N–H and O–H groups in total. The highest BCUT2D eigenvalue weighted by Gasteiger charge is 2.28. The molecular weight excluding hydrogens is 288 g/mol. The number of hydrogen-bond donors (Lipinski definition) is 2. The smallest absolute Gasteiger partial charge is 0.238 e. The summed E-state index contributed by atoms with van der Waals surface area (Å²) in [5.74, 6) is 0.629. The van der Waals surface area contributed by atoms with Gasteiger partial charge in [-0.1, -0.05) is 6.92 Å². The Labute approximate surface area is 140 Å². The van der Waals surface area contributed by atoms with Gasteiger partial charge < -0.3 is 20.4 Å². The fourth-order valence-corrected chi connectivity index (χ4v) is 3.09. The van der Waals surface area contributed by atoms with Crippen molar-refractivity contribution in [3.63, 3.8) is 0 Å². The first kappa shape index (κ1) is 17.8.